The number of nitriles is 1. The lowest BCUT2D eigenvalue weighted by Gasteiger charge is -2.25. The van der Waals surface area contributed by atoms with Crippen LogP contribution in [-0.2, 0) is 0 Å². The van der Waals surface area contributed by atoms with Crippen LogP contribution in [0.5, 0.6) is 0 Å². The van der Waals surface area contributed by atoms with E-state index in [1.807, 2.05) is 40.3 Å². The van der Waals surface area contributed by atoms with Gasteiger partial charge in [-0.15, -0.1) is 0 Å². The highest BCUT2D eigenvalue weighted by atomic mass is 35.5. The van der Waals surface area contributed by atoms with Gasteiger partial charge in [0.15, 0.2) is 0 Å². The fourth-order valence-electron chi connectivity index (χ4n) is 3.01. The molecule has 2 aromatic carbocycles. The lowest BCUT2D eigenvalue weighted by atomic mass is 10.1. The average molecular weight is 410 g/mol. The molecule has 0 radical (unpaired) electrons. The van der Waals surface area contributed by atoms with Gasteiger partial charge in [-0.1, -0.05) is 23.7 Å². The Bertz CT molecular complexity index is 988. The van der Waals surface area contributed by atoms with Gasteiger partial charge in [-0.2, -0.15) is 10.2 Å². The van der Waals surface area contributed by atoms with Crippen LogP contribution in [0.3, 0.4) is 0 Å². The van der Waals surface area contributed by atoms with E-state index in [4.69, 9.17) is 16.0 Å². The minimum atomic E-state index is 0.0989. The number of rotatable bonds is 7. The van der Waals surface area contributed by atoms with Crippen molar-refractivity contribution < 1.29 is 4.42 Å². The molecule has 150 valence electrons. The van der Waals surface area contributed by atoms with E-state index in [-0.39, 0.29) is 11.7 Å². The molecule has 0 saturated heterocycles. The van der Waals surface area contributed by atoms with E-state index in [2.05, 4.69) is 50.4 Å². The Morgan fingerprint density at radius 2 is 1.72 bits per heavy atom. The monoisotopic (exact) mass is 409 g/mol. The molecule has 1 N–H and O–H groups in total. The van der Waals surface area contributed by atoms with E-state index >= 15 is 0 Å². The number of hydrogen-bond acceptors (Lipinski definition) is 6. The van der Waals surface area contributed by atoms with Crippen molar-refractivity contribution in [3.63, 3.8) is 0 Å². The Labute approximate surface area is 176 Å². The highest BCUT2D eigenvalue weighted by Crippen LogP contribution is 2.28. The zero-order valence-corrected chi connectivity index (χ0v) is 17.7. The molecule has 0 bridgehead atoms. The summed E-state index contributed by atoms with van der Waals surface area (Å²) in [5.74, 6) is 0.756. The zero-order chi connectivity index (χ0) is 21.0. The predicted molar refractivity (Wildman–Crippen MR) is 117 cm³/mol. The molecule has 3 aromatic rings. The highest BCUT2D eigenvalue weighted by Gasteiger charge is 2.19. The molecule has 0 aliphatic heterocycles. The van der Waals surface area contributed by atoms with Gasteiger partial charge in [-0.3, -0.25) is 0 Å². The third-order valence-electron chi connectivity index (χ3n) is 4.70. The zero-order valence-electron chi connectivity index (χ0n) is 17.0. The lowest BCUT2D eigenvalue weighted by Crippen LogP contribution is -2.27. The van der Waals surface area contributed by atoms with Gasteiger partial charge in [0.25, 0.3) is 0 Å². The van der Waals surface area contributed by atoms with Gasteiger partial charge in [0.05, 0.1) is 6.04 Å². The van der Waals surface area contributed by atoms with Crippen molar-refractivity contribution in [2.24, 2.45) is 0 Å². The average Bonchev–Trinajstić information content (AvgIpc) is 3.12. The molecule has 1 atom stereocenters. The van der Waals surface area contributed by atoms with E-state index in [0.717, 1.165) is 11.3 Å². The van der Waals surface area contributed by atoms with Gasteiger partial charge >= 0.3 is 0 Å². The Morgan fingerprint density at radius 1 is 1.07 bits per heavy atom. The van der Waals surface area contributed by atoms with Gasteiger partial charge < -0.3 is 19.5 Å². The fourth-order valence-corrected chi connectivity index (χ4v) is 3.14. The molecule has 0 saturated carbocycles. The molecule has 1 heterocycles. The quantitative estimate of drug-likeness (QED) is 0.612. The SMILES string of the molecule is CN(C)c1ccc([C@@H](CNc2oc(-c3ccc(Cl)cc3)nc2C#N)N(C)C)cc1. The third kappa shape index (κ3) is 4.89. The van der Waals surface area contributed by atoms with Crippen LogP contribution >= 0.6 is 11.6 Å². The van der Waals surface area contributed by atoms with Crippen molar-refractivity contribution in [2.75, 3.05) is 45.0 Å². The first-order valence-electron chi connectivity index (χ1n) is 9.23. The van der Waals surface area contributed by atoms with Gasteiger partial charge in [0, 0.05) is 36.9 Å². The summed E-state index contributed by atoms with van der Waals surface area (Å²) in [5, 5.41) is 13.3. The molecule has 3 rings (SSSR count). The summed E-state index contributed by atoms with van der Waals surface area (Å²) in [4.78, 5) is 8.50. The molecule has 0 amide bonds. The van der Waals surface area contributed by atoms with Crippen molar-refractivity contribution >= 4 is 23.2 Å². The van der Waals surface area contributed by atoms with Gasteiger partial charge in [-0.05, 0) is 56.1 Å². The Balaban J connectivity index is 1.79. The summed E-state index contributed by atoms with van der Waals surface area (Å²) in [7, 11) is 8.09. The lowest BCUT2D eigenvalue weighted by molar-refractivity contribution is 0.310. The van der Waals surface area contributed by atoms with Crippen LogP contribution in [0.1, 0.15) is 17.3 Å². The summed E-state index contributed by atoms with van der Waals surface area (Å²) in [6.45, 7) is 0.568. The standard InChI is InChI=1S/C22H24ClN5O/c1-27(2)18-11-7-15(8-12-18)20(28(3)4)14-25-22-19(13-24)26-21(29-22)16-5-9-17(23)10-6-16/h5-12,20,25H,14H2,1-4H3/t20-/m1/s1. The van der Waals surface area contributed by atoms with Gasteiger partial charge in [-0.25, -0.2) is 0 Å². The van der Waals surface area contributed by atoms with Crippen molar-refractivity contribution in [2.45, 2.75) is 6.04 Å². The fraction of sp³-hybridized carbons (Fsp3) is 0.273. The minimum Gasteiger partial charge on any atom is -0.419 e. The second-order valence-corrected chi connectivity index (χ2v) is 7.60. The van der Waals surface area contributed by atoms with Crippen LogP contribution in [0.2, 0.25) is 5.02 Å². The number of hydrogen-bond donors (Lipinski definition) is 1. The molecule has 7 heteroatoms. The first-order chi connectivity index (χ1) is 13.9. The molecular formula is C22H24ClN5O. The number of nitrogens with one attached hydrogen (secondary N) is 1. The summed E-state index contributed by atoms with van der Waals surface area (Å²) in [6, 6.07) is 17.8. The maximum absolute atomic E-state index is 9.45. The van der Waals surface area contributed by atoms with Crippen LogP contribution in [0.4, 0.5) is 11.6 Å². The van der Waals surface area contributed by atoms with Crippen LogP contribution in [0, 0.1) is 11.3 Å². The van der Waals surface area contributed by atoms with E-state index in [9.17, 15) is 5.26 Å². The normalized spacial score (nSPS) is 11.9. The second kappa shape index (κ2) is 8.99. The van der Waals surface area contributed by atoms with Crippen molar-refractivity contribution in [1.29, 1.82) is 5.26 Å². The maximum Gasteiger partial charge on any atom is 0.232 e. The van der Waals surface area contributed by atoms with Gasteiger partial charge in [0.1, 0.15) is 6.07 Å². The van der Waals surface area contributed by atoms with Gasteiger partial charge in [0.2, 0.25) is 17.5 Å². The van der Waals surface area contributed by atoms with E-state index in [1.165, 1.54) is 5.56 Å². The summed E-state index contributed by atoms with van der Waals surface area (Å²) in [6.07, 6.45) is 0. The number of likely N-dealkylation sites (N-methyl/N-ethyl adjacent to an activating group) is 1. The number of benzene rings is 2. The van der Waals surface area contributed by atoms with Crippen molar-refractivity contribution in [3.05, 3.63) is 64.8 Å². The molecule has 0 spiro atoms. The first-order valence-corrected chi connectivity index (χ1v) is 9.61. The Kier molecular flexibility index (Phi) is 6.42. The predicted octanol–water partition coefficient (Wildman–Crippen LogP) is 4.65. The molecule has 0 unspecified atom stereocenters. The number of halogens is 1. The van der Waals surface area contributed by atoms with Crippen LogP contribution in [0.25, 0.3) is 11.5 Å². The molecule has 0 aliphatic carbocycles. The summed E-state index contributed by atoms with van der Waals surface area (Å²) < 4.78 is 5.84. The van der Waals surface area contributed by atoms with Crippen LogP contribution in [-0.4, -0.2) is 44.6 Å². The van der Waals surface area contributed by atoms with E-state index < -0.39 is 0 Å². The maximum atomic E-state index is 9.45. The molecule has 1 aromatic heterocycles. The van der Waals surface area contributed by atoms with Crippen molar-refractivity contribution in [3.8, 4) is 17.5 Å². The number of anilines is 2. The smallest absolute Gasteiger partial charge is 0.232 e. The summed E-state index contributed by atoms with van der Waals surface area (Å²) >= 11 is 5.94. The van der Waals surface area contributed by atoms with Crippen LogP contribution < -0.4 is 10.2 Å². The topological polar surface area (TPSA) is 68.3 Å². The number of oxazole rings is 1. The van der Waals surface area contributed by atoms with E-state index in [0.29, 0.717) is 23.3 Å². The third-order valence-corrected chi connectivity index (χ3v) is 4.95. The molecule has 0 aliphatic rings. The first kappa shape index (κ1) is 20.7. The van der Waals surface area contributed by atoms with Crippen molar-refractivity contribution in [1.82, 2.24) is 9.88 Å². The number of nitrogens with zero attached hydrogens (tertiary/aromatic N) is 4. The largest absolute Gasteiger partial charge is 0.419 e. The molecular weight excluding hydrogens is 386 g/mol. The van der Waals surface area contributed by atoms with Crippen LogP contribution in [0.15, 0.2) is 52.9 Å². The number of aromatic nitrogens is 1. The molecule has 0 fully saturated rings. The molecule has 29 heavy (non-hydrogen) atoms. The Hall–Kier alpha value is -3.01. The highest BCUT2D eigenvalue weighted by molar-refractivity contribution is 6.30. The Morgan fingerprint density at radius 3 is 2.28 bits per heavy atom. The van der Waals surface area contributed by atoms with E-state index in [1.54, 1.807) is 12.1 Å². The molecule has 6 nitrogen and oxygen atoms in total. The summed E-state index contributed by atoms with van der Waals surface area (Å²) in [5.41, 5.74) is 3.32. The second-order valence-electron chi connectivity index (χ2n) is 7.16. The minimum absolute atomic E-state index is 0.0989.